The van der Waals surface area contributed by atoms with Crippen molar-refractivity contribution in [1.29, 1.82) is 0 Å². The molecule has 4 amide bonds. The molecule has 0 radical (unpaired) electrons. The van der Waals surface area contributed by atoms with Crippen LogP contribution in [0.5, 0.6) is 0 Å². The van der Waals surface area contributed by atoms with Gasteiger partial charge in [-0.1, -0.05) is 266 Å². The van der Waals surface area contributed by atoms with Gasteiger partial charge in [0.15, 0.2) is 0 Å². The Bertz CT molecular complexity index is 3140. The quantitative estimate of drug-likeness (QED) is 0.0239. The van der Waals surface area contributed by atoms with Gasteiger partial charge < -0.3 is 60.1 Å². The van der Waals surface area contributed by atoms with Gasteiger partial charge in [-0.15, -0.1) is 0 Å². The monoisotopic (exact) mass is 1620 g/mol. The lowest BCUT2D eigenvalue weighted by Gasteiger charge is -2.34. The predicted octanol–water partition coefficient (Wildman–Crippen LogP) is 19.8. The van der Waals surface area contributed by atoms with Crippen LogP contribution in [0.15, 0.2) is 158 Å². The molecule has 7 N–H and O–H groups in total. The van der Waals surface area contributed by atoms with Gasteiger partial charge >= 0.3 is 23.9 Å². The predicted molar refractivity (Wildman–Crippen MR) is 473 cm³/mol. The van der Waals surface area contributed by atoms with Crippen molar-refractivity contribution in [3.8, 4) is 0 Å². The van der Waals surface area contributed by atoms with Crippen LogP contribution in [0, 0.1) is 5.92 Å². The molecule has 2 aromatic carbocycles. The molecular formula is C96H156N4O16. The summed E-state index contributed by atoms with van der Waals surface area (Å²) in [5, 5.41) is 65.4. The van der Waals surface area contributed by atoms with Gasteiger partial charge in [0.2, 0.25) is 23.6 Å². The van der Waals surface area contributed by atoms with E-state index < -0.39 is 41.7 Å². The standard InChI is InChI=1S/2C23H31NO4.2C21H35NO4.4C2H6/c1-28-21(18-19-10-5-4-6-11-19)16-15-20-12-9-13-22(25)24(20)17-8-3-2-7-14-23(26)27;25-21(16-14-19-9-4-3-5-10-19)17-15-20-11-8-12-22(26)24(20)18-7-2-1-6-13-23(27)28;1-17(2)9-7-11-19(23)15-14-18-10-8-12-20(24)22(18)16-6-4-3-5-13-21(25)26;1-3-4-8-15-21(2,26)16-14-18-11-10-12-19(23)22(18)17-9-6-5-7-13-20(24)25;4*1-2/h3-6,8,10-11,15-16,20-21H,2,7,9,12-14,17-18H2,1H3,(H,26,27);2-5,7,9-10,15,17,20-21,25H,1,6,8,11-14,16,18H2,(H,27,28);4,6,14-15,17-19,23H,3,5,7-13,16H2,1-2H3,(H,25,26);6,9,14,16,18,26H,3-5,7-8,10-13,15,17H2,1-2H3,(H,24,25);4*1-2H3/t2*20-,21?;18-,19?;18-,21?;;;;/m1111..../s1. The van der Waals surface area contributed by atoms with Gasteiger partial charge in [0.05, 0.1) is 48.1 Å². The smallest absolute Gasteiger partial charge is 0.303 e. The number of piperidine rings is 4. The molecular weight excluding hydrogens is 1470 g/mol. The first-order valence-corrected chi connectivity index (χ1v) is 44.0. The van der Waals surface area contributed by atoms with Crippen LogP contribution < -0.4 is 0 Å². The zero-order chi connectivity index (χ0) is 87.2. The molecule has 116 heavy (non-hydrogen) atoms. The number of aryl methyl sites for hydroxylation is 1. The highest BCUT2D eigenvalue weighted by Crippen LogP contribution is 2.26. The number of nitrogens with zero attached hydrogens (tertiary/aromatic N) is 4. The summed E-state index contributed by atoms with van der Waals surface area (Å²) in [5.74, 6) is -1.85. The molecule has 0 aromatic heterocycles. The Balaban J connectivity index is 0. The number of carbonyl (C=O) groups excluding carboxylic acids is 4. The number of rotatable bonds is 46. The number of likely N-dealkylation sites (tertiary alicyclic amines) is 4. The molecule has 2 aromatic rings. The molecule has 4 aliphatic rings. The minimum absolute atomic E-state index is 0.0105. The van der Waals surface area contributed by atoms with E-state index in [1.54, 1.807) is 7.11 Å². The van der Waals surface area contributed by atoms with Crippen LogP contribution in [0.2, 0.25) is 0 Å². The summed E-state index contributed by atoms with van der Waals surface area (Å²) in [6.45, 7) is 26.5. The van der Waals surface area contributed by atoms with Crippen molar-refractivity contribution in [3.05, 3.63) is 169 Å². The van der Waals surface area contributed by atoms with E-state index in [-0.39, 0.29) is 79.6 Å². The van der Waals surface area contributed by atoms with Gasteiger partial charge in [-0.2, -0.15) is 0 Å². The molecule has 6 rings (SSSR count). The fourth-order valence-corrected chi connectivity index (χ4v) is 13.1. The first kappa shape index (κ1) is 110. The third-order valence-corrected chi connectivity index (χ3v) is 19.4. The van der Waals surface area contributed by atoms with Gasteiger partial charge in [-0.25, -0.2) is 0 Å². The Hall–Kier alpha value is -8.04. The van der Waals surface area contributed by atoms with Gasteiger partial charge in [0.1, 0.15) is 0 Å². The van der Waals surface area contributed by atoms with Crippen LogP contribution in [-0.4, -0.2) is 184 Å². The molecule has 4 saturated heterocycles. The van der Waals surface area contributed by atoms with E-state index in [0.717, 1.165) is 116 Å². The number of aliphatic carboxylic acids is 4. The summed E-state index contributed by atoms with van der Waals surface area (Å²) >= 11 is 0. The van der Waals surface area contributed by atoms with Crippen LogP contribution in [0.25, 0.3) is 0 Å². The van der Waals surface area contributed by atoms with Crippen molar-refractivity contribution in [1.82, 2.24) is 19.6 Å². The third kappa shape index (κ3) is 56.3. The Labute approximate surface area is 700 Å². The molecule has 20 nitrogen and oxygen atoms in total. The summed E-state index contributed by atoms with van der Waals surface area (Å²) in [5.41, 5.74) is 1.60. The number of unbranched alkanes of at least 4 members (excludes halogenated alkanes) is 6. The highest BCUT2D eigenvalue weighted by Gasteiger charge is 2.30. The van der Waals surface area contributed by atoms with Crippen LogP contribution >= 0.6 is 0 Å². The highest BCUT2D eigenvalue weighted by molar-refractivity contribution is 5.79. The minimum atomic E-state index is -0.825. The first-order valence-electron chi connectivity index (χ1n) is 44.0. The largest absolute Gasteiger partial charge is 0.481 e. The lowest BCUT2D eigenvalue weighted by atomic mass is 9.94. The van der Waals surface area contributed by atoms with Gasteiger partial charge in [0, 0.05) is 91.1 Å². The number of allylic oxidation sites excluding steroid dienone is 4. The topological polar surface area (TPSA) is 300 Å². The number of carboxylic acids is 4. The lowest BCUT2D eigenvalue weighted by Crippen LogP contribution is -2.43. The molecule has 4 unspecified atom stereocenters. The minimum Gasteiger partial charge on any atom is -0.481 e. The number of hydrogen-bond donors (Lipinski definition) is 7. The van der Waals surface area contributed by atoms with Gasteiger partial charge in [0.25, 0.3) is 0 Å². The van der Waals surface area contributed by atoms with Crippen LogP contribution in [0.4, 0.5) is 0 Å². The maximum absolute atomic E-state index is 12.4. The zero-order valence-corrected chi connectivity index (χ0v) is 73.6. The van der Waals surface area contributed by atoms with Gasteiger partial charge in [-0.3, -0.25) is 38.4 Å². The molecule has 0 saturated carbocycles. The van der Waals surface area contributed by atoms with Crippen molar-refractivity contribution in [3.63, 3.8) is 0 Å². The second kappa shape index (κ2) is 72.2. The number of carbonyl (C=O) groups is 8. The van der Waals surface area contributed by atoms with E-state index in [1.165, 1.54) is 11.1 Å². The Morgan fingerprint density at radius 2 is 0.776 bits per heavy atom. The maximum Gasteiger partial charge on any atom is 0.303 e. The molecule has 4 fully saturated rings. The van der Waals surface area contributed by atoms with Gasteiger partial charge in [-0.05, 0) is 152 Å². The lowest BCUT2D eigenvalue weighted by molar-refractivity contribution is -0.138. The van der Waals surface area contributed by atoms with Crippen molar-refractivity contribution in [2.45, 2.75) is 349 Å². The molecule has 20 heteroatoms. The Kier molecular flexibility index (Phi) is 68.5. The maximum atomic E-state index is 12.4. The molecule has 0 aliphatic carbocycles. The average molecular weight is 1620 g/mol. The van der Waals surface area contributed by atoms with Crippen LogP contribution in [0.3, 0.4) is 0 Å². The third-order valence-electron chi connectivity index (χ3n) is 19.4. The summed E-state index contributed by atoms with van der Waals surface area (Å²) < 4.78 is 5.60. The van der Waals surface area contributed by atoms with Crippen molar-refractivity contribution < 1.29 is 78.8 Å². The van der Waals surface area contributed by atoms with Crippen LogP contribution in [-0.2, 0) is 55.9 Å². The molecule has 4 heterocycles. The molecule has 8 atom stereocenters. The Morgan fingerprint density at radius 1 is 0.448 bits per heavy atom. The average Bonchev–Trinajstić information content (AvgIpc) is 0.869. The number of hydrogen-bond acceptors (Lipinski definition) is 12. The van der Waals surface area contributed by atoms with Crippen molar-refractivity contribution in [2.75, 3.05) is 33.3 Å². The number of aliphatic hydroxyl groups excluding tert-OH is 2. The SMILES string of the molecule is CC.CC.CC.CC.CC(C)CCCC(O)C=C[C@H]1CCCC(=O)N1CC=CCCCC(=O)O.CCCCCC(C)(O)C=C[C@H]1CCCC(=O)N1CC=CCCCC(=O)O.COC(C=C[C@H]1CCCC(=O)N1CC=CCCCC(=O)O)Cc1ccccc1.O=C(O)CCCC=CCN1C(=O)CCC[C@@H]1C=CC(O)CCc1ccccc1. The molecule has 4 aliphatic heterocycles. The van der Waals surface area contributed by atoms with Crippen LogP contribution in [0.1, 0.15) is 300 Å². The summed E-state index contributed by atoms with van der Waals surface area (Å²) in [7, 11) is 1.71. The van der Waals surface area contributed by atoms with Crippen molar-refractivity contribution >= 4 is 47.5 Å². The van der Waals surface area contributed by atoms with E-state index in [2.05, 4.69) is 57.2 Å². The van der Waals surface area contributed by atoms with Crippen molar-refractivity contribution in [2.24, 2.45) is 5.92 Å². The summed E-state index contributed by atoms with van der Waals surface area (Å²) in [4.78, 5) is 98.6. The fraction of sp³-hybridized carbons (Fsp3) is 0.625. The number of carboxylic acid groups (broad SMARTS) is 4. The number of methoxy groups -OCH3 is 1. The highest BCUT2D eigenvalue weighted by atomic mass is 16.5. The Morgan fingerprint density at radius 3 is 1.10 bits per heavy atom. The van der Waals surface area contributed by atoms with E-state index in [9.17, 15) is 53.7 Å². The first-order chi connectivity index (χ1) is 55.9. The number of benzene rings is 2. The van der Waals surface area contributed by atoms with E-state index >= 15 is 0 Å². The zero-order valence-electron chi connectivity index (χ0n) is 73.6. The van der Waals surface area contributed by atoms with E-state index in [4.69, 9.17) is 25.2 Å². The fourth-order valence-electron chi connectivity index (χ4n) is 13.1. The molecule has 0 spiro atoms. The summed E-state index contributed by atoms with van der Waals surface area (Å²) in [6.07, 6.45) is 55.0. The second-order valence-corrected chi connectivity index (χ2v) is 29.3. The molecule has 656 valence electrons. The number of ether oxygens (including phenoxy) is 1. The summed E-state index contributed by atoms with van der Waals surface area (Å²) in [6, 6.07) is 20.5. The molecule has 0 bridgehead atoms. The second-order valence-electron chi connectivity index (χ2n) is 29.3. The number of aliphatic hydroxyl groups is 3. The number of amides is 4. The van der Waals surface area contributed by atoms with E-state index in [0.29, 0.717) is 109 Å². The van der Waals surface area contributed by atoms with E-state index in [1.807, 2.05) is 203 Å². The normalized spacial score (nSPS) is 18.4.